The molecule has 0 aliphatic heterocycles. The van der Waals surface area contributed by atoms with E-state index in [0.29, 0.717) is 11.3 Å². The highest BCUT2D eigenvalue weighted by Crippen LogP contribution is 2.18. The molecule has 1 aliphatic carbocycles. The summed E-state index contributed by atoms with van der Waals surface area (Å²) in [6.07, 6.45) is 5.61. The zero-order valence-corrected chi connectivity index (χ0v) is 16.2. The van der Waals surface area contributed by atoms with Crippen LogP contribution in [0.2, 0.25) is 0 Å². The Bertz CT molecular complexity index is 864. The van der Waals surface area contributed by atoms with E-state index in [1.54, 1.807) is 30.3 Å². The van der Waals surface area contributed by atoms with Crippen molar-refractivity contribution < 1.29 is 14.0 Å². The second-order valence-corrected chi connectivity index (χ2v) is 7.18. The van der Waals surface area contributed by atoms with Gasteiger partial charge in [0, 0.05) is 17.3 Å². The predicted octanol–water partition coefficient (Wildman–Crippen LogP) is 4.02. The lowest BCUT2D eigenvalue weighted by Crippen LogP contribution is -2.36. The van der Waals surface area contributed by atoms with E-state index in [4.69, 9.17) is 12.2 Å². The lowest BCUT2D eigenvalue weighted by atomic mass is 9.95. The van der Waals surface area contributed by atoms with E-state index in [1.165, 1.54) is 24.6 Å². The number of carbonyl (C=O) groups is 2. The molecule has 0 unspecified atom stereocenters. The first-order valence-corrected chi connectivity index (χ1v) is 9.71. The number of nitrogens with one attached hydrogen (secondary N) is 3. The number of thiocarbonyl (C=S) groups is 1. The largest absolute Gasteiger partial charge is 0.349 e. The third kappa shape index (κ3) is 5.36. The first-order chi connectivity index (χ1) is 13.5. The molecule has 1 aliphatic rings. The minimum atomic E-state index is -0.626. The number of rotatable bonds is 4. The van der Waals surface area contributed by atoms with E-state index in [2.05, 4.69) is 16.0 Å². The molecule has 0 spiro atoms. The number of amides is 2. The second-order valence-electron chi connectivity index (χ2n) is 6.77. The lowest BCUT2D eigenvalue weighted by molar-refractivity contribution is 0.0926. The van der Waals surface area contributed by atoms with Gasteiger partial charge in [-0.3, -0.25) is 14.9 Å². The van der Waals surface area contributed by atoms with Crippen LogP contribution in [0.25, 0.3) is 0 Å². The summed E-state index contributed by atoms with van der Waals surface area (Å²) >= 11 is 5.10. The molecule has 3 N–H and O–H groups in total. The molecule has 1 fully saturated rings. The summed E-state index contributed by atoms with van der Waals surface area (Å²) in [6.45, 7) is 0. The van der Waals surface area contributed by atoms with Crippen LogP contribution in [0.1, 0.15) is 52.8 Å². The monoisotopic (exact) mass is 399 g/mol. The van der Waals surface area contributed by atoms with Crippen LogP contribution < -0.4 is 16.0 Å². The van der Waals surface area contributed by atoms with Crippen molar-refractivity contribution in [1.82, 2.24) is 10.6 Å². The minimum absolute atomic E-state index is 0.0488. The molecule has 2 aromatic carbocycles. The topological polar surface area (TPSA) is 70.2 Å². The van der Waals surface area contributed by atoms with Crippen LogP contribution in [0, 0.1) is 5.82 Å². The van der Waals surface area contributed by atoms with Gasteiger partial charge in [0.25, 0.3) is 11.8 Å². The summed E-state index contributed by atoms with van der Waals surface area (Å²) in [7, 11) is 0. The summed E-state index contributed by atoms with van der Waals surface area (Å²) in [6, 6.07) is 12.7. The van der Waals surface area contributed by atoms with Gasteiger partial charge in [-0.1, -0.05) is 31.4 Å². The van der Waals surface area contributed by atoms with Crippen LogP contribution in [0.15, 0.2) is 48.5 Å². The molecular formula is C21H22FN3O2S. The molecule has 1 saturated carbocycles. The van der Waals surface area contributed by atoms with Gasteiger partial charge in [0.15, 0.2) is 5.11 Å². The molecule has 146 valence electrons. The standard InChI is InChI=1S/C21H22FN3O2S/c22-18-9-5-4-8-17(18)20(27)25-21(28)24-16-12-10-14(11-13-16)19(26)23-15-6-2-1-3-7-15/h4-5,8-13,15H,1-3,6-7H2,(H,23,26)(H2,24,25,27,28). The first kappa shape index (κ1) is 19.9. The highest BCUT2D eigenvalue weighted by atomic mass is 32.1. The molecule has 0 bridgehead atoms. The second kappa shape index (κ2) is 9.41. The van der Waals surface area contributed by atoms with Crippen LogP contribution in [0.4, 0.5) is 10.1 Å². The van der Waals surface area contributed by atoms with E-state index < -0.39 is 11.7 Å². The molecule has 5 nitrogen and oxygen atoms in total. The maximum absolute atomic E-state index is 13.6. The Hall–Kier alpha value is -2.80. The Morgan fingerprint density at radius 1 is 0.929 bits per heavy atom. The van der Waals surface area contributed by atoms with Gasteiger partial charge in [0.05, 0.1) is 5.56 Å². The maximum Gasteiger partial charge on any atom is 0.260 e. The van der Waals surface area contributed by atoms with Gasteiger partial charge in [0.2, 0.25) is 0 Å². The van der Waals surface area contributed by atoms with Gasteiger partial charge in [0.1, 0.15) is 5.82 Å². The fourth-order valence-corrected chi connectivity index (χ4v) is 3.41. The van der Waals surface area contributed by atoms with Gasteiger partial charge in [-0.25, -0.2) is 4.39 Å². The molecule has 0 radical (unpaired) electrons. The van der Waals surface area contributed by atoms with E-state index in [1.807, 2.05) is 0 Å². The van der Waals surface area contributed by atoms with Gasteiger partial charge < -0.3 is 10.6 Å². The van der Waals surface area contributed by atoms with Crippen LogP contribution in [-0.4, -0.2) is 23.0 Å². The Labute approximate surface area is 168 Å². The third-order valence-electron chi connectivity index (χ3n) is 4.69. The third-order valence-corrected chi connectivity index (χ3v) is 4.90. The van der Waals surface area contributed by atoms with Crippen molar-refractivity contribution in [2.24, 2.45) is 0 Å². The molecule has 28 heavy (non-hydrogen) atoms. The van der Waals surface area contributed by atoms with E-state index in [0.717, 1.165) is 25.7 Å². The van der Waals surface area contributed by atoms with E-state index in [9.17, 15) is 14.0 Å². The molecule has 2 aromatic rings. The molecule has 0 aromatic heterocycles. The maximum atomic E-state index is 13.6. The SMILES string of the molecule is O=C(NC1CCCCC1)c1ccc(NC(=S)NC(=O)c2ccccc2F)cc1. The average molecular weight is 399 g/mol. The molecule has 2 amide bonds. The van der Waals surface area contributed by atoms with Crippen LogP contribution in [0.3, 0.4) is 0 Å². The highest BCUT2D eigenvalue weighted by molar-refractivity contribution is 7.80. The number of carbonyl (C=O) groups excluding carboxylic acids is 2. The number of hydrogen-bond donors (Lipinski definition) is 3. The van der Waals surface area contributed by atoms with Crippen molar-refractivity contribution in [2.75, 3.05) is 5.32 Å². The molecule has 0 atom stereocenters. The van der Waals surface area contributed by atoms with Gasteiger partial charge in [-0.2, -0.15) is 0 Å². The van der Waals surface area contributed by atoms with Crippen molar-refractivity contribution in [3.63, 3.8) is 0 Å². The Kier molecular flexibility index (Phi) is 6.71. The smallest absolute Gasteiger partial charge is 0.260 e. The van der Waals surface area contributed by atoms with E-state index in [-0.39, 0.29) is 22.6 Å². The molecule has 3 rings (SSSR count). The molecule has 0 saturated heterocycles. The minimum Gasteiger partial charge on any atom is -0.349 e. The quantitative estimate of drug-likeness (QED) is 0.680. The fraction of sp³-hybridized carbons (Fsp3) is 0.286. The Morgan fingerprint density at radius 2 is 1.61 bits per heavy atom. The number of halogens is 1. The fourth-order valence-electron chi connectivity index (χ4n) is 3.20. The zero-order valence-electron chi connectivity index (χ0n) is 15.3. The summed E-state index contributed by atoms with van der Waals surface area (Å²) in [5.74, 6) is -1.33. The Balaban J connectivity index is 1.53. The number of benzene rings is 2. The van der Waals surface area contributed by atoms with Crippen LogP contribution >= 0.6 is 12.2 Å². The normalized spacial score (nSPS) is 14.2. The molecular weight excluding hydrogens is 377 g/mol. The summed E-state index contributed by atoms with van der Waals surface area (Å²) in [5.41, 5.74) is 1.10. The summed E-state index contributed by atoms with van der Waals surface area (Å²) in [5, 5.41) is 8.41. The predicted molar refractivity (Wildman–Crippen MR) is 111 cm³/mol. The van der Waals surface area contributed by atoms with E-state index >= 15 is 0 Å². The summed E-state index contributed by atoms with van der Waals surface area (Å²) in [4.78, 5) is 24.4. The average Bonchev–Trinajstić information content (AvgIpc) is 2.69. The molecule has 0 heterocycles. The summed E-state index contributed by atoms with van der Waals surface area (Å²) < 4.78 is 13.6. The van der Waals surface area contributed by atoms with Crippen LogP contribution in [-0.2, 0) is 0 Å². The van der Waals surface area contributed by atoms with Crippen molar-refractivity contribution >= 4 is 34.8 Å². The van der Waals surface area contributed by atoms with Crippen molar-refractivity contribution in [3.8, 4) is 0 Å². The van der Waals surface area contributed by atoms with Gasteiger partial charge >= 0.3 is 0 Å². The lowest BCUT2D eigenvalue weighted by Gasteiger charge is -2.22. The first-order valence-electron chi connectivity index (χ1n) is 9.31. The van der Waals surface area contributed by atoms with Crippen molar-refractivity contribution in [3.05, 3.63) is 65.5 Å². The van der Waals surface area contributed by atoms with Crippen LogP contribution in [0.5, 0.6) is 0 Å². The highest BCUT2D eigenvalue weighted by Gasteiger charge is 2.17. The zero-order chi connectivity index (χ0) is 19.9. The van der Waals surface area contributed by atoms with Crippen molar-refractivity contribution in [2.45, 2.75) is 38.1 Å². The molecule has 7 heteroatoms. The van der Waals surface area contributed by atoms with Crippen molar-refractivity contribution in [1.29, 1.82) is 0 Å². The Morgan fingerprint density at radius 3 is 2.29 bits per heavy atom. The number of hydrogen-bond acceptors (Lipinski definition) is 3. The van der Waals surface area contributed by atoms with Gasteiger partial charge in [-0.05, 0) is 61.5 Å². The van der Waals surface area contributed by atoms with Gasteiger partial charge in [-0.15, -0.1) is 0 Å². The number of anilines is 1.